The van der Waals surface area contributed by atoms with E-state index in [1.165, 1.54) is 0 Å². The van der Waals surface area contributed by atoms with E-state index in [1.54, 1.807) is 0 Å². The van der Waals surface area contributed by atoms with E-state index >= 15 is 0 Å². The van der Waals surface area contributed by atoms with Gasteiger partial charge in [-0.3, -0.25) is 4.79 Å². The normalized spacial score (nSPS) is 12.1. The van der Waals surface area contributed by atoms with Gasteiger partial charge in [-0.2, -0.15) is 26.3 Å². The van der Waals surface area contributed by atoms with Crippen molar-refractivity contribution in [2.45, 2.75) is 12.4 Å². The molecular weight excluding hydrogens is 338 g/mol. The van der Waals surface area contributed by atoms with E-state index in [2.05, 4.69) is 5.32 Å². The number of nitrogens with two attached hydrogens (primary N) is 1. The van der Waals surface area contributed by atoms with Crippen molar-refractivity contribution in [2.75, 3.05) is 11.1 Å². The first-order chi connectivity index (χ1) is 11.0. The summed E-state index contributed by atoms with van der Waals surface area (Å²) in [6, 6.07) is 6.22. The van der Waals surface area contributed by atoms with Crippen LogP contribution in [0.15, 0.2) is 42.5 Å². The Balaban J connectivity index is 2.28. The molecule has 0 bridgehead atoms. The number of benzene rings is 2. The third-order valence-electron chi connectivity index (χ3n) is 3.07. The smallest absolute Gasteiger partial charge is 0.398 e. The largest absolute Gasteiger partial charge is 0.418 e. The van der Waals surface area contributed by atoms with Crippen LogP contribution in [-0.2, 0) is 12.4 Å². The molecule has 0 fully saturated rings. The standard InChI is InChI=1S/C15H10F6N2O/c16-14(17,18)9-3-1-2-8(6-9)13(24)23-10-4-5-12(22)11(7-10)15(19,20)21/h1-7H,22H2,(H,23,24). The first kappa shape index (κ1) is 17.6. The molecule has 0 unspecified atom stereocenters. The summed E-state index contributed by atoms with van der Waals surface area (Å²) in [4.78, 5) is 11.9. The number of amides is 1. The summed E-state index contributed by atoms with van der Waals surface area (Å²) >= 11 is 0. The molecule has 3 N–H and O–H groups in total. The van der Waals surface area contributed by atoms with Gasteiger partial charge >= 0.3 is 12.4 Å². The molecule has 0 radical (unpaired) electrons. The zero-order chi connectivity index (χ0) is 18.1. The number of alkyl halides is 6. The molecule has 0 spiro atoms. The topological polar surface area (TPSA) is 55.1 Å². The van der Waals surface area contributed by atoms with Gasteiger partial charge in [0.1, 0.15) is 0 Å². The Kier molecular flexibility index (Phi) is 4.46. The van der Waals surface area contributed by atoms with E-state index in [1.807, 2.05) is 0 Å². The number of carbonyl (C=O) groups is 1. The number of nitrogens with one attached hydrogen (secondary N) is 1. The van der Waals surface area contributed by atoms with Crippen molar-refractivity contribution in [3.8, 4) is 0 Å². The predicted molar refractivity (Wildman–Crippen MR) is 75.3 cm³/mol. The van der Waals surface area contributed by atoms with Crippen LogP contribution in [0.4, 0.5) is 37.7 Å². The van der Waals surface area contributed by atoms with Gasteiger partial charge in [0.2, 0.25) is 0 Å². The molecule has 0 atom stereocenters. The van der Waals surface area contributed by atoms with E-state index in [0.717, 1.165) is 30.3 Å². The van der Waals surface area contributed by atoms with E-state index in [9.17, 15) is 31.1 Å². The highest BCUT2D eigenvalue weighted by Gasteiger charge is 2.33. The minimum atomic E-state index is -4.72. The highest BCUT2D eigenvalue weighted by molar-refractivity contribution is 6.04. The van der Waals surface area contributed by atoms with Gasteiger partial charge in [-0.05, 0) is 36.4 Å². The van der Waals surface area contributed by atoms with Gasteiger partial charge in [0.05, 0.1) is 11.1 Å². The lowest BCUT2D eigenvalue weighted by Gasteiger charge is -2.13. The lowest BCUT2D eigenvalue weighted by atomic mass is 10.1. The van der Waals surface area contributed by atoms with Crippen LogP contribution in [0.3, 0.4) is 0 Å². The van der Waals surface area contributed by atoms with Gasteiger partial charge in [0.15, 0.2) is 0 Å². The molecule has 2 aromatic rings. The van der Waals surface area contributed by atoms with Gasteiger partial charge in [0, 0.05) is 16.9 Å². The Labute approximate surface area is 132 Å². The maximum atomic E-state index is 12.8. The third-order valence-corrected chi connectivity index (χ3v) is 3.07. The summed E-state index contributed by atoms with van der Waals surface area (Å²) in [6.45, 7) is 0. The number of halogens is 6. The number of nitrogen functional groups attached to an aromatic ring is 1. The van der Waals surface area contributed by atoms with Gasteiger partial charge in [0.25, 0.3) is 5.91 Å². The van der Waals surface area contributed by atoms with Crippen molar-refractivity contribution in [1.82, 2.24) is 0 Å². The highest BCUT2D eigenvalue weighted by atomic mass is 19.4. The van der Waals surface area contributed by atoms with Crippen LogP contribution in [0.5, 0.6) is 0 Å². The number of hydrogen-bond donors (Lipinski definition) is 2. The average molecular weight is 348 g/mol. The predicted octanol–water partition coefficient (Wildman–Crippen LogP) is 4.56. The van der Waals surface area contributed by atoms with Crippen LogP contribution in [0.25, 0.3) is 0 Å². The molecule has 0 aliphatic carbocycles. The van der Waals surface area contributed by atoms with Crippen molar-refractivity contribution >= 4 is 17.3 Å². The molecule has 2 aromatic carbocycles. The molecule has 0 aliphatic rings. The molecule has 3 nitrogen and oxygen atoms in total. The average Bonchev–Trinajstić information content (AvgIpc) is 2.47. The number of hydrogen-bond acceptors (Lipinski definition) is 2. The molecule has 0 saturated heterocycles. The van der Waals surface area contributed by atoms with E-state index in [4.69, 9.17) is 5.73 Å². The fraction of sp³-hybridized carbons (Fsp3) is 0.133. The summed E-state index contributed by atoms with van der Waals surface area (Å²) in [6.07, 6.45) is -9.36. The summed E-state index contributed by atoms with van der Waals surface area (Å²) in [5.41, 5.74) is 1.94. The van der Waals surface area contributed by atoms with E-state index in [0.29, 0.717) is 12.1 Å². The van der Waals surface area contributed by atoms with Gasteiger partial charge in [-0.15, -0.1) is 0 Å². The van der Waals surface area contributed by atoms with Crippen molar-refractivity contribution in [3.63, 3.8) is 0 Å². The first-order valence-electron chi connectivity index (χ1n) is 6.44. The van der Waals surface area contributed by atoms with Gasteiger partial charge in [-0.1, -0.05) is 6.07 Å². The molecule has 0 saturated carbocycles. The Morgan fingerprint density at radius 1 is 0.917 bits per heavy atom. The SMILES string of the molecule is Nc1ccc(NC(=O)c2cccc(C(F)(F)F)c2)cc1C(F)(F)F. The molecule has 128 valence electrons. The van der Waals surface area contributed by atoms with E-state index in [-0.39, 0.29) is 11.3 Å². The summed E-state index contributed by atoms with van der Waals surface area (Å²) in [5.74, 6) is -0.973. The highest BCUT2D eigenvalue weighted by Crippen LogP contribution is 2.35. The number of rotatable bonds is 2. The van der Waals surface area contributed by atoms with Gasteiger partial charge < -0.3 is 11.1 Å². The lowest BCUT2D eigenvalue weighted by Crippen LogP contribution is -2.15. The molecule has 24 heavy (non-hydrogen) atoms. The fourth-order valence-electron chi connectivity index (χ4n) is 1.92. The lowest BCUT2D eigenvalue weighted by molar-refractivity contribution is -0.138. The van der Waals surface area contributed by atoms with Crippen molar-refractivity contribution in [2.24, 2.45) is 0 Å². The molecule has 1 amide bonds. The second kappa shape index (κ2) is 6.06. The number of carbonyl (C=O) groups excluding carboxylic acids is 1. The second-order valence-electron chi connectivity index (χ2n) is 4.83. The Bertz CT molecular complexity index is 767. The molecule has 9 heteroatoms. The summed E-state index contributed by atoms with van der Waals surface area (Å²) in [5, 5.41) is 2.11. The van der Waals surface area contributed by atoms with Crippen LogP contribution in [0.1, 0.15) is 21.5 Å². The Morgan fingerprint density at radius 2 is 1.58 bits per heavy atom. The molecule has 2 rings (SSSR count). The minimum absolute atomic E-state index is 0.237. The van der Waals surface area contributed by atoms with E-state index < -0.39 is 35.1 Å². The van der Waals surface area contributed by atoms with Crippen LogP contribution in [0.2, 0.25) is 0 Å². The Morgan fingerprint density at radius 3 is 2.17 bits per heavy atom. The maximum Gasteiger partial charge on any atom is 0.418 e. The first-order valence-corrected chi connectivity index (χ1v) is 6.44. The van der Waals surface area contributed by atoms with Crippen LogP contribution >= 0.6 is 0 Å². The van der Waals surface area contributed by atoms with Crippen molar-refractivity contribution < 1.29 is 31.1 Å². The van der Waals surface area contributed by atoms with Crippen LogP contribution < -0.4 is 11.1 Å². The zero-order valence-corrected chi connectivity index (χ0v) is 11.8. The molecule has 0 aromatic heterocycles. The number of anilines is 2. The van der Waals surface area contributed by atoms with Crippen molar-refractivity contribution in [1.29, 1.82) is 0 Å². The summed E-state index contributed by atoms with van der Waals surface area (Å²) in [7, 11) is 0. The third kappa shape index (κ3) is 3.98. The minimum Gasteiger partial charge on any atom is -0.398 e. The summed E-state index contributed by atoms with van der Waals surface area (Å²) < 4.78 is 76.1. The molecular formula is C15H10F6N2O. The molecule has 0 heterocycles. The molecule has 0 aliphatic heterocycles. The van der Waals surface area contributed by atoms with Crippen LogP contribution in [0, 0.1) is 0 Å². The van der Waals surface area contributed by atoms with Gasteiger partial charge in [-0.25, -0.2) is 0 Å². The van der Waals surface area contributed by atoms with Crippen LogP contribution in [-0.4, -0.2) is 5.91 Å². The monoisotopic (exact) mass is 348 g/mol. The zero-order valence-electron chi connectivity index (χ0n) is 11.8. The fourth-order valence-corrected chi connectivity index (χ4v) is 1.92. The quantitative estimate of drug-likeness (QED) is 0.618. The van der Waals surface area contributed by atoms with Crippen molar-refractivity contribution in [3.05, 3.63) is 59.2 Å². The second-order valence-corrected chi connectivity index (χ2v) is 4.83. The maximum absolute atomic E-state index is 12.8. The Hall–Kier alpha value is -2.71.